The summed E-state index contributed by atoms with van der Waals surface area (Å²) in [6.45, 7) is 0. The van der Waals surface area contributed by atoms with Crippen LogP contribution in [0.15, 0.2) is 134 Å². The van der Waals surface area contributed by atoms with E-state index in [1.807, 2.05) is 72.8 Å². The summed E-state index contributed by atoms with van der Waals surface area (Å²) >= 11 is 0. The monoisotopic (exact) mass is 621 g/mol. The van der Waals surface area contributed by atoms with E-state index in [0.717, 1.165) is 34.2 Å². The van der Waals surface area contributed by atoms with E-state index in [1.54, 1.807) is 42.9 Å². The lowest BCUT2D eigenvalue weighted by molar-refractivity contribution is -0.137. The highest BCUT2D eigenvalue weighted by molar-refractivity contribution is 5.99. The second-order valence-corrected chi connectivity index (χ2v) is 10.9. The van der Waals surface area contributed by atoms with Gasteiger partial charge in [-0.25, -0.2) is 9.97 Å². The maximum atomic E-state index is 14.2. The fraction of sp³-hybridized carbons (Fsp3) is 0.0270. The van der Waals surface area contributed by atoms with E-state index >= 15 is 0 Å². The molecule has 8 rings (SSSR count). The largest absolute Gasteiger partial charge is 0.416 e. The number of pyridine rings is 4. The summed E-state index contributed by atoms with van der Waals surface area (Å²) in [6.07, 6.45) is 1.87. The summed E-state index contributed by atoms with van der Waals surface area (Å²) in [5.41, 5.74) is 4.69. The summed E-state index contributed by atoms with van der Waals surface area (Å²) in [5, 5.41) is 11.8. The predicted molar refractivity (Wildman–Crippen MR) is 174 cm³/mol. The van der Waals surface area contributed by atoms with Gasteiger partial charge in [-0.05, 0) is 83.6 Å². The minimum atomic E-state index is -4.60. The number of rotatable bonds is 5. The van der Waals surface area contributed by atoms with Gasteiger partial charge in [-0.2, -0.15) is 18.0 Å². The van der Waals surface area contributed by atoms with Crippen molar-refractivity contribution in [2.75, 3.05) is 0 Å². The van der Waals surface area contributed by atoms with Crippen molar-refractivity contribution in [2.45, 2.75) is 6.18 Å². The zero-order valence-electron chi connectivity index (χ0n) is 24.5. The summed E-state index contributed by atoms with van der Waals surface area (Å²) in [7, 11) is 0. The molecular weight excluding hydrogens is 599 g/mol. The molecule has 0 amide bonds. The van der Waals surface area contributed by atoms with Crippen LogP contribution < -0.4 is 0 Å². The Hall–Kier alpha value is -6.29. The first kappa shape index (κ1) is 28.2. The van der Waals surface area contributed by atoms with Crippen LogP contribution in [0.3, 0.4) is 0 Å². The maximum absolute atomic E-state index is 14.2. The molecule has 0 aliphatic carbocycles. The SMILES string of the molecule is FC(F)(F)c1cc(-c2cccnc2)nc(-c2ccc(-c3cccc(-c4cccnc4)n3)c3nn(-c4ccc5ccccc5c4)nc23)c1. The fourth-order valence-electron chi connectivity index (χ4n) is 5.58. The molecule has 8 aromatic rings. The zero-order valence-corrected chi connectivity index (χ0v) is 24.5. The molecule has 0 aliphatic rings. The molecule has 0 N–H and O–H groups in total. The van der Waals surface area contributed by atoms with Gasteiger partial charge in [-0.15, -0.1) is 10.2 Å². The van der Waals surface area contributed by atoms with Crippen molar-refractivity contribution in [1.82, 2.24) is 34.9 Å². The van der Waals surface area contributed by atoms with Crippen LogP contribution >= 0.6 is 0 Å². The van der Waals surface area contributed by atoms with E-state index in [-0.39, 0.29) is 11.4 Å². The van der Waals surface area contributed by atoms with E-state index in [4.69, 9.17) is 15.2 Å². The van der Waals surface area contributed by atoms with Gasteiger partial charge in [0, 0.05) is 47.0 Å². The van der Waals surface area contributed by atoms with Crippen molar-refractivity contribution in [2.24, 2.45) is 0 Å². The smallest absolute Gasteiger partial charge is 0.264 e. The summed E-state index contributed by atoms with van der Waals surface area (Å²) < 4.78 is 42.7. The van der Waals surface area contributed by atoms with Crippen molar-refractivity contribution in [3.05, 3.63) is 140 Å². The Morgan fingerprint density at radius 3 is 1.81 bits per heavy atom. The molecule has 0 saturated carbocycles. The molecule has 3 aromatic carbocycles. The molecule has 5 aromatic heterocycles. The Kier molecular flexibility index (Phi) is 6.75. The predicted octanol–water partition coefficient (Wildman–Crippen LogP) is 8.84. The molecule has 0 unspecified atom stereocenters. The van der Waals surface area contributed by atoms with Crippen LogP contribution in [0.2, 0.25) is 0 Å². The third-order valence-corrected chi connectivity index (χ3v) is 7.87. The molecule has 47 heavy (non-hydrogen) atoms. The van der Waals surface area contributed by atoms with E-state index in [0.29, 0.717) is 39.1 Å². The number of hydrogen-bond acceptors (Lipinski definition) is 6. The molecule has 7 nitrogen and oxygen atoms in total. The molecule has 0 spiro atoms. The highest BCUT2D eigenvalue weighted by Crippen LogP contribution is 2.38. The molecule has 0 bridgehead atoms. The van der Waals surface area contributed by atoms with Gasteiger partial charge in [0.05, 0.1) is 34.0 Å². The summed E-state index contributed by atoms with van der Waals surface area (Å²) in [6, 6.07) is 32.2. The second kappa shape index (κ2) is 11.3. The normalized spacial score (nSPS) is 11.7. The number of hydrogen-bond donors (Lipinski definition) is 0. The maximum Gasteiger partial charge on any atom is 0.416 e. The summed E-state index contributed by atoms with van der Waals surface area (Å²) in [5.74, 6) is 0. The van der Waals surface area contributed by atoms with Gasteiger partial charge in [0.25, 0.3) is 0 Å². The Morgan fingerprint density at radius 2 is 1.13 bits per heavy atom. The van der Waals surface area contributed by atoms with Crippen LogP contribution in [-0.4, -0.2) is 34.9 Å². The Labute approximate surface area is 266 Å². The van der Waals surface area contributed by atoms with Crippen LogP contribution in [-0.2, 0) is 6.18 Å². The van der Waals surface area contributed by atoms with E-state index < -0.39 is 11.7 Å². The molecule has 0 atom stereocenters. The van der Waals surface area contributed by atoms with Crippen LogP contribution in [0.25, 0.3) is 72.5 Å². The van der Waals surface area contributed by atoms with Crippen LogP contribution in [0.1, 0.15) is 5.56 Å². The van der Waals surface area contributed by atoms with Crippen molar-refractivity contribution < 1.29 is 13.2 Å². The lowest BCUT2D eigenvalue weighted by atomic mass is 10.0. The number of alkyl halides is 3. The molecule has 0 aliphatic heterocycles. The van der Waals surface area contributed by atoms with Crippen molar-refractivity contribution in [1.29, 1.82) is 0 Å². The van der Waals surface area contributed by atoms with Crippen molar-refractivity contribution in [3.63, 3.8) is 0 Å². The van der Waals surface area contributed by atoms with Crippen LogP contribution in [0, 0.1) is 0 Å². The zero-order chi connectivity index (χ0) is 32.0. The lowest BCUT2D eigenvalue weighted by Gasteiger charge is -2.13. The Bertz CT molecular complexity index is 2410. The molecule has 226 valence electrons. The van der Waals surface area contributed by atoms with E-state index in [1.165, 1.54) is 11.0 Å². The van der Waals surface area contributed by atoms with Crippen molar-refractivity contribution >= 4 is 21.8 Å². The topological polar surface area (TPSA) is 82.3 Å². The average Bonchev–Trinajstić information content (AvgIpc) is 3.57. The first-order valence-corrected chi connectivity index (χ1v) is 14.7. The third-order valence-electron chi connectivity index (χ3n) is 7.87. The minimum Gasteiger partial charge on any atom is -0.264 e. The first-order chi connectivity index (χ1) is 22.9. The third kappa shape index (κ3) is 5.35. The number of nitrogens with zero attached hydrogens (tertiary/aromatic N) is 7. The number of benzene rings is 3. The Morgan fingerprint density at radius 1 is 0.511 bits per heavy atom. The molecule has 10 heteroatoms. The van der Waals surface area contributed by atoms with Gasteiger partial charge in [-0.1, -0.05) is 36.4 Å². The number of aromatic nitrogens is 7. The number of halogens is 3. The van der Waals surface area contributed by atoms with Gasteiger partial charge >= 0.3 is 6.18 Å². The van der Waals surface area contributed by atoms with Gasteiger partial charge in [-0.3, -0.25) is 9.97 Å². The molecule has 0 radical (unpaired) electrons. The second-order valence-electron chi connectivity index (χ2n) is 10.9. The lowest BCUT2D eigenvalue weighted by Crippen LogP contribution is -2.07. The van der Waals surface area contributed by atoms with Gasteiger partial charge < -0.3 is 0 Å². The number of fused-ring (bicyclic) bond motifs is 2. The van der Waals surface area contributed by atoms with Gasteiger partial charge in [0.1, 0.15) is 11.0 Å². The van der Waals surface area contributed by atoms with Crippen LogP contribution in [0.5, 0.6) is 0 Å². The fourth-order valence-corrected chi connectivity index (χ4v) is 5.58. The van der Waals surface area contributed by atoms with Crippen molar-refractivity contribution in [3.8, 4) is 50.7 Å². The van der Waals surface area contributed by atoms with Crippen LogP contribution in [0.4, 0.5) is 13.2 Å². The minimum absolute atomic E-state index is 0.109. The first-order valence-electron chi connectivity index (χ1n) is 14.7. The van der Waals surface area contributed by atoms with Gasteiger partial charge in [0.15, 0.2) is 0 Å². The molecule has 0 fully saturated rings. The quantitative estimate of drug-likeness (QED) is 0.191. The molecular formula is C37H22F3N7. The molecule has 5 heterocycles. The van der Waals surface area contributed by atoms with Gasteiger partial charge in [0.2, 0.25) is 0 Å². The highest BCUT2D eigenvalue weighted by Gasteiger charge is 2.32. The summed E-state index contributed by atoms with van der Waals surface area (Å²) in [4.78, 5) is 19.4. The van der Waals surface area contributed by atoms with E-state index in [2.05, 4.69) is 15.0 Å². The average molecular weight is 622 g/mol. The van der Waals surface area contributed by atoms with E-state index in [9.17, 15) is 13.2 Å². The highest BCUT2D eigenvalue weighted by atomic mass is 19.4. The molecule has 0 saturated heterocycles. The standard InChI is InChI=1S/C37H22F3N7/c38-37(39,40)27-19-33(26-9-5-17-42-22-26)44-34(20-27)30-15-14-29(32-11-3-10-31(43-32)25-8-4-16-41-21-25)35-36(30)46-47(45-35)28-13-12-23-6-1-2-7-24(23)18-28/h1-22H. The Balaban J connectivity index is 1.36.